The van der Waals surface area contributed by atoms with Crippen LogP contribution in [0.5, 0.6) is 11.5 Å². The molecule has 0 bridgehead atoms. The monoisotopic (exact) mass is 367 g/mol. The Kier molecular flexibility index (Phi) is 9.31. The highest BCUT2D eigenvalue weighted by Gasteiger charge is 2.08. The Bertz CT molecular complexity index is 647. The number of halogens is 2. The fraction of sp³-hybridized carbons (Fsp3) is 0.263. The molecule has 130 valence electrons. The van der Waals surface area contributed by atoms with Gasteiger partial charge in [-0.15, -0.1) is 19.0 Å². The summed E-state index contributed by atoms with van der Waals surface area (Å²) in [5.41, 5.74) is 2.09. The van der Waals surface area contributed by atoms with Gasteiger partial charge in [-0.05, 0) is 30.7 Å². The lowest BCUT2D eigenvalue weighted by Gasteiger charge is -2.14. The first-order valence-corrected chi connectivity index (χ1v) is 8.06. The van der Waals surface area contributed by atoms with E-state index in [0.29, 0.717) is 18.2 Å². The molecule has 0 aliphatic carbocycles. The predicted octanol–water partition coefficient (Wildman–Crippen LogP) is 5.02. The van der Waals surface area contributed by atoms with E-state index in [1.54, 1.807) is 0 Å². The van der Waals surface area contributed by atoms with Crippen molar-refractivity contribution in [2.45, 2.75) is 20.1 Å². The molecule has 5 heteroatoms. The van der Waals surface area contributed by atoms with Crippen molar-refractivity contribution in [1.29, 1.82) is 0 Å². The molecule has 0 aliphatic rings. The average molecular weight is 368 g/mol. The molecule has 0 radical (unpaired) electrons. The normalized spacial score (nSPS) is 9.92. The first-order chi connectivity index (χ1) is 11.2. The predicted molar refractivity (Wildman–Crippen MR) is 103 cm³/mol. The third-order valence-corrected chi connectivity index (χ3v) is 3.64. The maximum absolute atomic E-state index is 6.16. The molecule has 2 aromatic carbocycles. The third kappa shape index (κ3) is 6.08. The highest BCUT2D eigenvalue weighted by molar-refractivity contribution is 6.31. The standard InChI is InChI=1S/C19H22ClNO2.ClH/c1-3-11-21-13-15-9-10-18(19(12-15)22-4-2)23-14-16-7-5-6-8-17(16)20;/h3,5-10,12,21H,1,4,11,13-14H2,2H3;1H. The molecular weight excluding hydrogens is 345 g/mol. The van der Waals surface area contributed by atoms with Gasteiger partial charge < -0.3 is 14.8 Å². The largest absolute Gasteiger partial charge is 0.490 e. The highest BCUT2D eigenvalue weighted by Crippen LogP contribution is 2.30. The number of ether oxygens (including phenoxy) is 2. The van der Waals surface area contributed by atoms with Gasteiger partial charge in [-0.2, -0.15) is 0 Å². The van der Waals surface area contributed by atoms with Crippen LogP contribution in [0.1, 0.15) is 18.1 Å². The molecule has 24 heavy (non-hydrogen) atoms. The Hall–Kier alpha value is -1.68. The molecule has 0 amide bonds. The van der Waals surface area contributed by atoms with Crippen LogP contribution in [-0.2, 0) is 13.2 Å². The van der Waals surface area contributed by atoms with E-state index in [1.807, 2.05) is 55.5 Å². The van der Waals surface area contributed by atoms with Crippen molar-refractivity contribution >= 4 is 24.0 Å². The third-order valence-electron chi connectivity index (χ3n) is 3.27. The van der Waals surface area contributed by atoms with Crippen molar-refractivity contribution in [3.8, 4) is 11.5 Å². The van der Waals surface area contributed by atoms with Gasteiger partial charge in [0.1, 0.15) is 6.61 Å². The van der Waals surface area contributed by atoms with Crippen LogP contribution in [0.25, 0.3) is 0 Å². The number of nitrogens with one attached hydrogen (secondary N) is 1. The number of hydrogen-bond donors (Lipinski definition) is 1. The second-order valence-electron chi connectivity index (χ2n) is 5.01. The van der Waals surface area contributed by atoms with E-state index in [4.69, 9.17) is 21.1 Å². The van der Waals surface area contributed by atoms with Crippen LogP contribution >= 0.6 is 24.0 Å². The minimum atomic E-state index is 0. The van der Waals surface area contributed by atoms with Crippen molar-refractivity contribution < 1.29 is 9.47 Å². The molecule has 0 heterocycles. The van der Waals surface area contributed by atoms with E-state index >= 15 is 0 Å². The molecular formula is C19H23Cl2NO2. The van der Waals surface area contributed by atoms with Gasteiger partial charge in [0.25, 0.3) is 0 Å². The van der Waals surface area contributed by atoms with E-state index < -0.39 is 0 Å². The first kappa shape index (κ1) is 20.4. The van der Waals surface area contributed by atoms with Gasteiger partial charge in [-0.1, -0.05) is 41.9 Å². The molecule has 2 aromatic rings. The first-order valence-electron chi connectivity index (χ1n) is 7.68. The van der Waals surface area contributed by atoms with E-state index in [2.05, 4.69) is 11.9 Å². The second kappa shape index (κ2) is 11.0. The van der Waals surface area contributed by atoms with Crippen LogP contribution in [0.2, 0.25) is 5.02 Å². The van der Waals surface area contributed by atoms with Crippen molar-refractivity contribution in [2.24, 2.45) is 0 Å². The van der Waals surface area contributed by atoms with E-state index in [0.717, 1.165) is 35.7 Å². The zero-order valence-corrected chi connectivity index (χ0v) is 15.3. The summed E-state index contributed by atoms with van der Waals surface area (Å²) in [4.78, 5) is 0. The zero-order chi connectivity index (χ0) is 16.5. The van der Waals surface area contributed by atoms with Gasteiger partial charge in [0.2, 0.25) is 0 Å². The van der Waals surface area contributed by atoms with Crippen LogP contribution in [-0.4, -0.2) is 13.2 Å². The fourth-order valence-corrected chi connectivity index (χ4v) is 2.33. The van der Waals surface area contributed by atoms with Crippen LogP contribution in [0.4, 0.5) is 0 Å². The Balaban J connectivity index is 0.00000288. The topological polar surface area (TPSA) is 30.5 Å². The Morgan fingerprint density at radius 2 is 1.92 bits per heavy atom. The lowest BCUT2D eigenvalue weighted by molar-refractivity contribution is 0.269. The molecule has 0 fully saturated rings. The van der Waals surface area contributed by atoms with E-state index in [1.165, 1.54) is 0 Å². The van der Waals surface area contributed by atoms with Crippen LogP contribution in [0, 0.1) is 0 Å². The van der Waals surface area contributed by atoms with Crippen molar-refractivity contribution in [3.05, 3.63) is 71.3 Å². The Labute approximate surface area is 155 Å². The smallest absolute Gasteiger partial charge is 0.161 e. The molecule has 0 saturated heterocycles. The van der Waals surface area contributed by atoms with Gasteiger partial charge >= 0.3 is 0 Å². The number of benzene rings is 2. The van der Waals surface area contributed by atoms with Gasteiger partial charge in [0.05, 0.1) is 6.61 Å². The minimum absolute atomic E-state index is 0. The highest BCUT2D eigenvalue weighted by atomic mass is 35.5. The molecule has 2 rings (SSSR count). The maximum Gasteiger partial charge on any atom is 0.161 e. The fourth-order valence-electron chi connectivity index (χ4n) is 2.14. The Morgan fingerprint density at radius 3 is 2.62 bits per heavy atom. The number of rotatable bonds is 9. The van der Waals surface area contributed by atoms with Crippen LogP contribution in [0.15, 0.2) is 55.1 Å². The summed E-state index contributed by atoms with van der Waals surface area (Å²) in [6.07, 6.45) is 1.84. The van der Waals surface area contributed by atoms with Crippen LogP contribution in [0.3, 0.4) is 0 Å². The molecule has 0 atom stereocenters. The summed E-state index contributed by atoms with van der Waals surface area (Å²) < 4.78 is 11.6. The summed E-state index contributed by atoms with van der Waals surface area (Å²) in [6.45, 7) is 8.19. The molecule has 0 saturated carbocycles. The summed E-state index contributed by atoms with van der Waals surface area (Å²) >= 11 is 6.16. The molecule has 0 unspecified atom stereocenters. The molecule has 0 spiro atoms. The summed E-state index contributed by atoms with van der Waals surface area (Å²) in [6, 6.07) is 13.6. The molecule has 1 N–H and O–H groups in total. The molecule has 0 aromatic heterocycles. The zero-order valence-electron chi connectivity index (χ0n) is 13.8. The van der Waals surface area contributed by atoms with Crippen molar-refractivity contribution in [2.75, 3.05) is 13.2 Å². The molecule has 0 aliphatic heterocycles. The second-order valence-corrected chi connectivity index (χ2v) is 5.42. The Morgan fingerprint density at radius 1 is 1.12 bits per heavy atom. The average Bonchev–Trinajstić information content (AvgIpc) is 2.56. The summed E-state index contributed by atoms with van der Waals surface area (Å²) in [5.74, 6) is 1.47. The van der Waals surface area contributed by atoms with Crippen LogP contribution < -0.4 is 14.8 Å². The maximum atomic E-state index is 6.16. The minimum Gasteiger partial charge on any atom is -0.490 e. The number of hydrogen-bond acceptors (Lipinski definition) is 3. The SMILES string of the molecule is C=CCNCc1ccc(OCc2ccccc2Cl)c(OCC)c1.Cl. The van der Waals surface area contributed by atoms with Gasteiger partial charge in [-0.3, -0.25) is 0 Å². The van der Waals surface area contributed by atoms with Gasteiger partial charge in [0.15, 0.2) is 11.5 Å². The van der Waals surface area contributed by atoms with Gasteiger partial charge in [-0.25, -0.2) is 0 Å². The molecule has 3 nitrogen and oxygen atoms in total. The van der Waals surface area contributed by atoms with Gasteiger partial charge in [0, 0.05) is 23.7 Å². The quantitative estimate of drug-likeness (QED) is 0.498. The van der Waals surface area contributed by atoms with Crippen molar-refractivity contribution in [3.63, 3.8) is 0 Å². The lowest BCUT2D eigenvalue weighted by Crippen LogP contribution is -2.12. The summed E-state index contributed by atoms with van der Waals surface area (Å²) in [7, 11) is 0. The van der Waals surface area contributed by atoms with E-state index in [-0.39, 0.29) is 12.4 Å². The van der Waals surface area contributed by atoms with Crippen molar-refractivity contribution in [1.82, 2.24) is 5.32 Å². The lowest BCUT2D eigenvalue weighted by atomic mass is 10.2. The summed E-state index contributed by atoms with van der Waals surface area (Å²) in [5, 5.41) is 3.98. The van der Waals surface area contributed by atoms with E-state index in [9.17, 15) is 0 Å².